The van der Waals surface area contributed by atoms with Crippen LogP contribution in [0.3, 0.4) is 0 Å². The van der Waals surface area contributed by atoms with Gasteiger partial charge in [0.05, 0.1) is 26.4 Å². The molecule has 0 aromatic carbocycles. The van der Waals surface area contributed by atoms with Crippen LogP contribution >= 0.6 is 0 Å². The van der Waals surface area contributed by atoms with Gasteiger partial charge in [0, 0.05) is 45.4 Å². The lowest BCUT2D eigenvalue weighted by atomic mass is 10.0. The van der Waals surface area contributed by atoms with E-state index in [2.05, 4.69) is 29.8 Å². The summed E-state index contributed by atoms with van der Waals surface area (Å²) in [5.74, 6) is -4.78. The van der Waals surface area contributed by atoms with Crippen LogP contribution in [0.2, 0.25) is 0 Å². The molecule has 0 spiro atoms. The van der Waals surface area contributed by atoms with E-state index >= 15 is 0 Å². The fraction of sp³-hybridized carbons (Fsp3) is 0.882. The Kier molecular flexibility index (Phi) is 42.5. The van der Waals surface area contributed by atoms with Crippen LogP contribution in [-0.2, 0) is 38.2 Å². The minimum atomic E-state index is -2.20. The fourth-order valence-corrected chi connectivity index (χ4v) is 7.76. The SMILES string of the molecule is CCCCCCCCCCCCOC(=O)CC[C@H](NC(=O)CCC(=O)N(CCCNC(=O)[C@H](O)[C@@H](O)[C@H](O)[C@H](O)CO)CCCNC(=O)[C@H](O)[C@@H](O)[C@H](O)[C@H](O)CO)C(=O)OCCCCCCCCCCCC. The lowest BCUT2D eigenvalue weighted by Gasteiger charge is -2.26. The molecule has 0 heterocycles. The Hall–Kier alpha value is -3.58. The van der Waals surface area contributed by atoms with Crippen LogP contribution in [0.4, 0.5) is 0 Å². The van der Waals surface area contributed by atoms with Crippen LogP contribution in [0.5, 0.6) is 0 Å². The molecular formula is C51H96N4O18. The van der Waals surface area contributed by atoms with Gasteiger partial charge in [-0.05, 0) is 32.1 Å². The first-order valence-corrected chi connectivity index (χ1v) is 27.1. The standard InChI is InChI=1S/C51H96N4O18/c1-3-5-7-9-11-13-15-17-19-21-33-72-42(62)28-25-37(51(71)73-34-22-20-18-16-14-12-10-8-6-4-2)54-40(60)26-27-41(61)55(31-23-29-52-49(69)47(67)45(65)43(63)38(58)35-56)32-24-30-53-50(70)48(68)46(66)44(64)39(59)36-57/h37-39,43-48,56-59,63-68H,3-36H2,1-2H3,(H,52,69)(H,53,70)(H,54,60)/t37-,38+,39+,43+,44+,45-,46-,47+,48+/m0/s1. The van der Waals surface area contributed by atoms with Crippen molar-refractivity contribution in [1.82, 2.24) is 20.9 Å². The van der Waals surface area contributed by atoms with Gasteiger partial charge in [-0.15, -0.1) is 0 Å². The molecule has 0 radical (unpaired) electrons. The van der Waals surface area contributed by atoms with Gasteiger partial charge in [0.1, 0.15) is 42.7 Å². The lowest BCUT2D eigenvalue weighted by Crippen LogP contribution is -2.52. The Morgan fingerprint density at radius 1 is 0.466 bits per heavy atom. The molecular weight excluding hydrogens is 957 g/mol. The van der Waals surface area contributed by atoms with Gasteiger partial charge in [-0.1, -0.05) is 129 Å². The third-order valence-electron chi connectivity index (χ3n) is 12.5. The van der Waals surface area contributed by atoms with Gasteiger partial charge in [0.2, 0.25) is 11.8 Å². The molecule has 22 heteroatoms. The van der Waals surface area contributed by atoms with E-state index in [9.17, 15) is 69.6 Å². The first kappa shape index (κ1) is 69.4. The Labute approximate surface area is 433 Å². The Morgan fingerprint density at radius 3 is 1.25 bits per heavy atom. The number of rotatable bonds is 48. The van der Waals surface area contributed by atoms with Crippen molar-refractivity contribution in [3.8, 4) is 0 Å². The molecule has 0 saturated heterocycles. The molecule has 0 aromatic rings. The highest BCUT2D eigenvalue weighted by atomic mass is 16.5. The average molecular weight is 1050 g/mol. The highest BCUT2D eigenvalue weighted by molar-refractivity contribution is 5.88. The van der Waals surface area contributed by atoms with E-state index in [-0.39, 0.29) is 71.5 Å². The van der Waals surface area contributed by atoms with Gasteiger partial charge in [-0.3, -0.25) is 24.0 Å². The number of amides is 4. The maximum absolute atomic E-state index is 13.6. The quantitative estimate of drug-likeness (QED) is 0.0294. The molecule has 0 aromatic heterocycles. The summed E-state index contributed by atoms with van der Waals surface area (Å²) < 4.78 is 11.0. The van der Waals surface area contributed by atoms with Crippen LogP contribution in [0.1, 0.15) is 181 Å². The average Bonchev–Trinajstić information content (AvgIpc) is 3.39. The zero-order valence-corrected chi connectivity index (χ0v) is 43.9. The van der Waals surface area contributed by atoms with Crippen molar-refractivity contribution in [2.24, 2.45) is 0 Å². The number of nitrogens with zero attached hydrogens (tertiary/aromatic N) is 1. The molecule has 0 bridgehead atoms. The number of carbonyl (C=O) groups excluding carboxylic acids is 6. The van der Waals surface area contributed by atoms with E-state index < -0.39 is 110 Å². The number of hydrogen-bond donors (Lipinski definition) is 13. The molecule has 0 rings (SSSR count). The number of aliphatic hydroxyl groups excluding tert-OH is 10. The molecule has 73 heavy (non-hydrogen) atoms. The van der Waals surface area contributed by atoms with Crippen LogP contribution < -0.4 is 16.0 Å². The molecule has 9 atom stereocenters. The number of hydrogen-bond acceptors (Lipinski definition) is 18. The molecule has 0 saturated carbocycles. The van der Waals surface area contributed by atoms with Crippen molar-refractivity contribution in [3.05, 3.63) is 0 Å². The number of ether oxygens (including phenoxy) is 2. The van der Waals surface area contributed by atoms with Crippen molar-refractivity contribution in [1.29, 1.82) is 0 Å². The van der Waals surface area contributed by atoms with Crippen molar-refractivity contribution in [3.63, 3.8) is 0 Å². The van der Waals surface area contributed by atoms with Crippen LogP contribution in [-0.4, -0.2) is 199 Å². The summed E-state index contributed by atoms with van der Waals surface area (Å²) in [5.41, 5.74) is 0. The summed E-state index contributed by atoms with van der Waals surface area (Å²) in [6, 6.07) is -1.21. The van der Waals surface area contributed by atoms with E-state index in [4.69, 9.17) is 19.7 Å². The Morgan fingerprint density at radius 2 is 0.849 bits per heavy atom. The Balaban J connectivity index is 5.61. The van der Waals surface area contributed by atoms with E-state index in [1.807, 2.05) is 0 Å². The molecule has 4 amide bonds. The smallest absolute Gasteiger partial charge is 0.328 e. The van der Waals surface area contributed by atoms with Gasteiger partial charge in [0.25, 0.3) is 11.8 Å². The van der Waals surface area contributed by atoms with E-state index in [0.29, 0.717) is 12.8 Å². The van der Waals surface area contributed by atoms with Gasteiger partial charge in [-0.2, -0.15) is 0 Å². The minimum absolute atomic E-state index is 0.0406. The molecule has 0 aliphatic carbocycles. The number of carbonyl (C=O) groups is 6. The fourth-order valence-electron chi connectivity index (χ4n) is 7.76. The summed E-state index contributed by atoms with van der Waals surface area (Å²) >= 11 is 0. The third kappa shape index (κ3) is 33.9. The van der Waals surface area contributed by atoms with Crippen LogP contribution in [0, 0.1) is 0 Å². The van der Waals surface area contributed by atoms with Crippen LogP contribution in [0.25, 0.3) is 0 Å². The molecule has 428 valence electrons. The topological polar surface area (TPSA) is 363 Å². The molecule has 0 aliphatic heterocycles. The summed E-state index contributed by atoms with van der Waals surface area (Å²) in [5, 5.41) is 104. The normalized spacial score (nSPS) is 15.2. The predicted molar refractivity (Wildman–Crippen MR) is 270 cm³/mol. The number of unbranched alkanes of at least 4 members (excludes halogenated alkanes) is 18. The van der Waals surface area contributed by atoms with Crippen molar-refractivity contribution < 1.29 is 89.3 Å². The van der Waals surface area contributed by atoms with Gasteiger partial charge >= 0.3 is 11.9 Å². The molecule has 13 N–H and O–H groups in total. The first-order chi connectivity index (χ1) is 35.0. The van der Waals surface area contributed by atoms with E-state index in [1.54, 1.807) is 0 Å². The zero-order valence-electron chi connectivity index (χ0n) is 43.9. The number of esters is 2. The summed E-state index contributed by atoms with van der Waals surface area (Å²) in [4.78, 5) is 79.1. The highest BCUT2D eigenvalue weighted by Crippen LogP contribution is 2.14. The van der Waals surface area contributed by atoms with Crippen LogP contribution in [0.15, 0.2) is 0 Å². The molecule has 0 aliphatic rings. The molecule has 0 fully saturated rings. The summed E-state index contributed by atoms with van der Waals surface area (Å²) in [6.45, 7) is 2.33. The van der Waals surface area contributed by atoms with Crippen molar-refractivity contribution >= 4 is 35.6 Å². The minimum Gasteiger partial charge on any atom is -0.466 e. The van der Waals surface area contributed by atoms with E-state index in [1.165, 1.54) is 75.5 Å². The maximum Gasteiger partial charge on any atom is 0.328 e. The maximum atomic E-state index is 13.6. The largest absolute Gasteiger partial charge is 0.466 e. The lowest BCUT2D eigenvalue weighted by molar-refractivity contribution is -0.150. The number of aliphatic hydroxyl groups is 10. The Bertz CT molecular complexity index is 1420. The highest BCUT2D eigenvalue weighted by Gasteiger charge is 2.35. The second-order valence-corrected chi connectivity index (χ2v) is 18.9. The monoisotopic (exact) mass is 1050 g/mol. The second kappa shape index (κ2) is 44.7. The van der Waals surface area contributed by atoms with Crippen molar-refractivity contribution in [2.75, 3.05) is 52.6 Å². The second-order valence-electron chi connectivity index (χ2n) is 18.9. The summed E-state index contributed by atoms with van der Waals surface area (Å²) in [7, 11) is 0. The third-order valence-corrected chi connectivity index (χ3v) is 12.5. The van der Waals surface area contributed by atoms with Gasteiger partial charge in [-0.25, -0.2) is 4.79 Å². The first-order valence-electron chi connectivity index (χ1n) is 27.1. The summed E-state index contributed by atoms with van der Waals surface area (Å²) in [6.07, 6.45) is 4.63. The molecule has 0 unspecified atom stereocenters. The predicted octanol–water partition coefficient (Wildman–Crippen LogP) is 0.673. The van der Waals surface area contributed by atoms with Gasteiger partial charge in [0.15, 0.2) is 12.2 Å². The zero-order chi connectivity index (χ0) is 54.8. The van der Waals surface area contributed by atoms with Crippen molar-refractivity contribution in [2.45, 2.75) is 236 Å². The van der Waals surface area contributed by atoms with Gasteiger partial charge < -0.3 is 81.4 Å². The van der Waals surface area contributed by atoms with E-state index in [0.717, 1.165) is 44.9 Å². The molecule has 22 nitrogen and oxygen atoms in total. The number of nitrogens with one attached hydrogen (secondary N) is 3.